The molecule has 0 fully saturated rings. The SMILES string of the molecule is COc1cc(P(=O)(c2ccccc2)c2ccccc2)c(-c2ccccc2)c(OC)n1. The van der Waals surface area contributed by atoms with E-state index >= 15 is 4.57 Å². The number of hydrogen-bond acceptors (Lipinski definition) is 4. The summed E-state index contributed by atoms with van der Waals surface area (Å²) in [6.07, 6.45) is 0. The van der Waals surface area contributed by atoms with Crippen LogP contribution in [-0.4, -0.2) is 19.2 Å². The Morgan fingerprint density at radius 1 is 0.700 bits per heavy atom. The van der Waals surface area contributed by atoms with Crippen molar-refractivity contribution >= 4 is 23.1 Å². The van der Waals surface area contributed by atoms with E-state index in [1.54, 1.807) is 20.3 Å². The van der Waals surface area contributed by atoms with Gasteiger partial charge in [-0.1, -0.05) is 91.0 Å². The van der Waals surface area contributed by atoms with Crippen molar-refractivity contribution in [3.63, 3.8) is 0 Å². The van der Waals surface area contributed by atoms with Crippen molar-refractivity contribution in [3.05, 3.63) is 97.1 Å². The van der Waals surface area contributed by atoms with E-state index in [-0.39, 0.29) is 0 Å². The van der Waals surface area contributed by atoms with Crippen LogP contribution in [0.1, 0.15) is 0 Å². The standard InChI is InChI=1S/C25H22NO3P/c1-28-23-18-22(24(25(26-23)29-2)19-12-6-3-7-13-19)30(27,20-14-8-4-9-15-20)21-16-10-5-11-17-21/h3-18H,1-2H3. The van der Waals surface area contributed by atoms with E-state index in [4.69, 9.17) is 9.47 Å². The maximum atomic E-state index is 15.0. The van der Waals surface area contributed by atoms with Gasteiger partial charge in [0.2, 0.25) is 11.8 Å². The minimum atomic E-state index is -3.26. The first-order chi connectivity index (χ1) is 14.7. The van der Waals surface area contributed by atoms with E-state index < -0.39 is 7.14 Å². The molecule has 0 aliphatic heterocycles. The average molecular weight is 415 g/mol. The summed E-state index contributed by atoms with van der Waals surface area (Å²) in [6.45, 7) is 0. The number of rotatable bonds is 6. The number of ether oxygens (including phenoxy) is 2. The monoisotopic (exact) mass is 415 g/mol. The van der Waals surface area contributed by atoms with Gasteiger partial charge in [-0.2, -0.15) is 4.98 Å². The second-order valence-corrected chi connectivity index (χ2v) is 9.45. The fourth-order valence-electron chi connectivity index (χ4n) is 3.57. The summed E-state index contributed by atoms with van der Waals surface area (Å²) in [4.78, 5) is 4.48. The number of aromatic nitrogens is 1. The molecule has 0 bridgehead atoms. The van der Waals surface area contributed by atoms with Crippen LogP contribution in [0.15, 0.2) is 97.1 Å². The minimum Gasteiger partial charge on any atom is -0.481 e. The van der Waals surface area contributed by atoms with Crippen LogP contribution in [-0.2, 0) is 4.57 Å². The summed E-state index contributed by atoms with van der Waals surface area (Å²) in [6, 6.07) is 30.6. The third-order valence-corrected chi connectivity index (χ3v) is 8.07. The highest BCUT2D eigenvalue weighted by Crippen LogP contribution is 2.47. The molecule has 0 aliphatic carbocycles. The van der Waals surface area contributed by atoms with Crippen molar-refractivity contribution < 1.29 is 14.0 Å². The molecule has 0 saturated heterocycles. The Balaban J connectivity index is 2.13. The topological polar surface area (TPSA) is 48.4 Å². The van der Waals surface area contributed by atoms with Gasteiger partial charge >= 0.3 is 0 Å². The molecule has 3 aromatic carbocycles. The zero-order valence-corrected chi connectivity index (χ0v) is 17.8. The third-order valence-electron chi connectivity index (χ3n) is 4.99. The first kappa shape index (κ1) is 19.9. The molecule has 5 heteroatoms. The molecule has 0 spiro atoms. The molecule has 0 aliphatic rings. The fourth-order valence-corrected chi connectivity index (χ4v) is 6.44. The predicted molar refractivity (Wildman–Crippen MR) is 122 cm³/mol. The van der Waals surface area contributed by atoms with Gasteiger partial charge in [0.25, 0.3) is 0 Å². The summed E-state index contributed by atoms with van der Waals surface area (Å²) < 4.78 is 26.1. The molecular weight excluding hydrogens is 393 g/mol. The Kier molecular flexibility index (Phi) is 5.69. The van der Waals surface area contributed by atoms with Crippen molar-refractivity contribution in [1.82, 2.24) is 4.98 Å². The van der Waals surface area contributed by atoms with E-state index in [1.165, 1.54) is 0 Å². The fraction of sp³-hybridized carbons (Fsp3) is 0.0800. The quantitative estimate of drug-likeness (QED) is 0.438. The molecule has 0 atom stereocenters. The summed E-state index contributed by atoms with van der Waals surface area (Å²) in [5, 5.41) is 2.11. The Morgan fingerprint density at radius 2 is 1.20 bits per heavy atom. The lowest BCUT2D eigenvalue weighted by Gasteiger charge is -2.24. The molecular formula is C25H22NO3P. The maximum absolute atomic E-state index is 15.0. The lowest BCUT2D eigenvalue weighted by atomic mass is 10.1. The van der Waals surface area contributed by atoms with Crippen LogP contribution in [0.3, 0.4) is 0 Å². The lowest BCUT2D eigenvalue weighted by Crippen LogP contribution is -2.27. The molecule has 4 nitrogen and oxygen atoms in total. The zero-order valence-electron chi connectivity index (χ0n) is 16.9. The molecule has 0 saturated carbocycles. The highest BCUT2D eigenvalue weighted by Gasteiger charge is 2.35. The first-order valence-corrected chi connectivity index (χ1v) is 11.3. The molecule has 0 radical (unpaired) electrons. The molecule has 4 rings (SSSR count). The molecule has 4 aromatic rings. The Hall–Kier alpha value is -3.36. The highest BCUT2D eigenvalue weighted by atomic mass is 31.2. The zero-order chi connectivity index (χ0) is 21.0. The van der Waals surface area contributed by atoms with Crippen LogP contribution in [0.4, 0.5) is 0 Å². The smallest absolute Gasteiger partial charge is 0.225 e. The van der Waals surface area contributed by atoms with Gasteiger partial charge in [-0.25, -0.2) is 0 Å². The molecule has 0 N–H and O–H groups in total. The van der Waals surface area contributed by atoms with Gasteiger partial charge in [0, 0.05) is 22.0 Å². The lowest BCUT2D eigenvalue weighted by molar-refractivity contribution is 0.366. The number of methoxy groups -OCH3 is 2. The van der Waals surface area contributed by atoms with Gasteiger partial charge < -0.3 is 14.0 Å². The number of pyridine rings is 1. The summed E-state index contributed by atoms with van der Waals surface area (Å²) in [5.74, 6) is 0.733. The predicted octanol–water partition coefficient (Wildman–Crippen LogP) is 4.41. The Morgan fingerprint density at radius 3 is 1.67 bits per heavy atom. The second-order valence-electron chi connectivity index (χ2n) is 6.71. The average Bonchev–Trinajstić information content (AvgIpc) is 2.84. The minimum absolute atomic E-state index is 0.355. The van der Waals surface area contributed by atoms with Gasteiger partial charge in [-0.05, 0) is 5.56 Å². The normalized spacial score (nSPS) is 11.1. The van der Waals surface area contributed by atoms with Gasteiger partial charge in [0.05, 0.1) is 19.8 Å². The Bertz CT molecular complexity index is 1140. The largest absolute Gasteiger partial charge is 0.481 e. The number of nitrogens with zero attached hydrogens (tertiary/aromatic N) is 1. The molecule has 0 unspecified atom stereocenters. The molecule has 30 heavy (non-hydrogen) atoms. The first-order valence-electron chi connectivity index (χ1n) is 9.58. The van der Waals surface area contributed by atoms with E-state index in [0.717, 1.165) is 16.2 Å². The van der Waals surface area contributed by atoms with Crippen LogP contribution in [0.5, 0.6) is 11.8 Å². The van der Waals surface area contributed by atoms with Gasteiger partial charge in [0.15, 0.2) is 7.14 Å². The van der Waals surface area contributed by atoms with Crippen molar-refractivity contribution in [2.75, 3.05) is 14.2 Å². The van der Waals surface area contributed by atoms with Crippen molar-refractivity contribution in [3.8, 4) is 22.9 Å². The highest BCUT2D eigenvalue weighted by molar-refractivity contribution is 7.85. The van der Waals surface area contributed by atoms with Crippen LogP contribution in [0, 0.1) is 0 Å². The van der Waals surface area contributed by atoms with Crippen molar-refractivity contribution in [1.29, 1.82) is 0 Å². The summed E-state index contributed by atoms with van der Waals surface area (Å²) >= 11 is 0. The maximum Gasteiger partial charge on any atom is 0.225 e. The number of hydrogen-bond donors (Lipinski definition) is 0. The van der Waals surface area contributed by atoms with Crippen molar-refractivity contribution in [2.45, 2.75) is 0 Å². The van der Waals surface area contributed by atoms with E-state index in [1.807, 2.05) is 91.0 Å². The second kappa shape index (κ2) is 8.56. The van der Waals surface area contributed by atoms with E-state index in [9.17, 15) is 0 Å². The summed E-state index contributed by atoms with van der Waals surface area (Å²) in [7, 11) is -0.151. The molecule has 1 heterocycles. The van der Waals surface area contributed by atoms with Crippen LogP contribution in [0.25, 0.3) is 11.1 Å². The molecule has 1 aromatic heterocycles. The summed E-state index contributed by atoms with van der Waals surface area (Å²) in [5.41, 5.74) is 1.58. The number of benzene rings is 3. The van der Waals surface area contributed by atoms with Gasteiger partial charge in [-0.3, -0.25) is 0 Å². The van der Waals surface area contributed by atoms with Crippen LogP contribution in [0.2, 0.25) is 0 Å². The van der Waals surface area contributed by atoms with Crippen LogP contribution < -0.4 is 25.4 Å². The third kappa shape index (κ3) is 3.51. The van der Waals surface area contributed by atoms with E-state index in [0.29, 0.717) is 22.6 Å². The Labute approximate surface area is 176 Å². The van der Waals surface area contributed by atoms with Gasteiger partial charge in [0.1, 0.15) is 0 Å². The van der Waals surface area contributed by atoms with Crippen molar-refractivity contribution in [2.24, 2.45) is 0 Å². The van der Waals surface area contributed by atoms with Crippen LogP contribution >= 0.6 is 7.14 Å². The van der Waals surface area contributed by atoms with Gasteiger partial charge in [-0.15, -0.1) is 0 Å². The van der Waals surface area contributed by atoms with E-state index in [2.05, 4.69) is 4.98 Å². The molecule has 150 valence electrons. The molecule has 0 amide bonds.